The van der Waals surface area contributed by atoms with Crippen molar-refractivity contribution in [2.24, 2.45) is 29.6 Å². The second-order valence-corrected chi connectivity index (χ2v) is 7.65. The predicted octanol–water partition coefficient (Wildman–Crippen LogP) is 6.58. The van der Waals surface area contributed by atoms with Crippen LogP contribution < -0.4 is 0 Å². The van der Waals surface area contributed by atoms with Crippen molar-refractivity contribution in [3.8, 4) is 0 Å². The fraction of sp³-hybridized carbons (Fsp3) is 0.619. The molecule has 1 rings (SSSR count). The Morgan fingerprint density at radius 1 is 0.952 bits per heavy atom. The summed E-state index contributed by atoms with van der Waals surface area (Å²) in [7, 11) is 0. The van der Waals surface area contributed by atoms with Crippen LogP contribution in [0.2, 0.25) is 0 Å². The first-order chi connectivity index (χ1) is 9.65. The molecule has 0 aromatic rings. The summed E-state index contributed by atoms with van der Waals surface area (Å²) in [5, 5.41) is 0. The molecule has 5 unspecified atom stereocenters. The van der Waals surface area contributed by atoms with Gasteiger partial charge < -0.3 is 0 Å². The van der Waals surface area contributed by atoms with E-state index >= 15 is 0 Å². The fourth-order valence-corrected chi connectivity index (χ4v) is 4.37. The standard InChI is InChI=1S/C21H34/c1-13(2)10-19(14(3)4)18-11-17(9)21(16(7)8)20(12-18)15(5)6/h17-21H,1,3,5,7,10-12H2,2,4,6,8-9H3. The van der Waals surface area contributed by atoms with Crippen LogP contribution >= 0.6 is 0 Å². The Hall–Kier alpha value is -1.04. The highest BCUT2D eigenvalue weighted by atomic mass is 14.4. The van der Waals surface area contributed by atoms with Gasteiger partial charge in [-0.2, -0.15) is 0 Å². The second kappa shape index (κ2) is 7.29. The summed E-state index contributed by atoms with van der Waals surface area (Å²) < 4.78 is 0. The summed E-state index contributed by atoms with van der Waals surface area (Å²) >= 11 is 0. The third-order valence-electron chi connectivity index (χ3n) is 5.25. The van der Waals surface area contributed by atoms with E-state index in [-0.39, 0.29) is 0 Å². The molecule has 1 aliphatic carbocycles. The third kappa shape index (κ3) is 4.46. The molecular weight excluding hydrogens is 252 g/mol. The molecule has 21 heavy (non-hydrogen) atoms. The first-order valence-corrected chi connectivity index (χ1v) is 8.25. The van der Waals surface area contributed by atoms with Crippen LogP contribution in [0.1, 0.15) is 53.9 Å². The summed E-state index contributed by atoms with van der Waals surface area (Å²) in [6.07, 6.45) is 3.57. The Morgan fingerprint density at radius 2 is 1.52 bits per heavy atom. The average Bonchev–Trinajstić information content (AvgIpc) is 2.33. The SMILES string of the molecule is C=C(C)CC(C(=C)C)C1CC(C)C(C(=C)C)C(C(=C)C)C1. The molecule has 5 atom stereocenters. The van der Waals surface area contributed by atoms with E-state index in [0.29, 0.717) is 29.6 Å². The zero-order valence-corrected chi connectivity index (χ0v) is 14.8. The second-order valence-electron chi connectivity index (χ2n) is 7.65. The molecule has 0 aromatic carbocycles. The van der Waals surface area contributed by atoms with E-state index < -0.39 is 0 Å². The molecule has 0 aromatic heterocycles. The quantitative estimate of drug-likeness (QED) is 0.484. The third-order valence-corrected chi connectivity index (χ3v) is 5.25. The van der Waals surface area contributed by atoms with Crippen molar-refractivity contribution in [2.45, 2.75) is 53.9 Å². The van der Waals surface area contributed by atoms with Crippen molar-refractivity contribution in [1.82, 2.24) is 0 Å². The van der Waals surface area contributed by atoms with Crippen molar-refractivity contribution in [2.75, 3.05) is 0 Å². The monoisotopic (exact) mass is 286 g/mol. The Bertz CT molecular complexity index is 437. The minimum absolute atomic E-state index is 0.567. The number of hydrogen-bond acceptors (Lipinski definition) is 0. The van der Waals surface area contributed by atoms with Gasteiger partial charge in [0.1, 0.15) is 0 Å². The molecule has 0 nitrogen and oxygen atoms in total. The van der Waals surface area contributed by atoms with Gasteiger partial charge in [0, 0.05) is 0 Å². The zero-order chi connectivity index (χ0) is 16.3. The van der Waals surface area contributed by atoms with Crippen LogP contribution in [0.25, 0.3) is 0 Å². The Labute approximate surface area is 132 Å². The molecule has 1 aliphatic rings. The molecule has 0 amide bonds. The number of allylic oxidation sites excluding steroid dienone is 4. The zero-order valence-electron chi connectivity index (χ0n) is 14.8. The largest absolute Gasteiger partial charge is 0.100 e. The van der Waals surface area contributed by atoms with Crippen molar-refractivity contribution in [3.05, 3.63) is 48.6 Å². The summed E-state index contributed by atoms with van der Waals surface area (Å²) in [6.45, 7) is 27.9. The minimum atomic E-state index is 0.567. The van der Waals surface area contributed by atoms with Gasteiger partial charge in [-0.15, -0.1) is 6.58 Å². The molecular formula is C21H34. The van der Waals surface area contributed by atoms with Crippen LogP contribution in [-0.4, -0.2) is 0 Å². The van der Waals surface area contributed by atoms with Gasteiger partial charge in [0.15, 0.2) is 0 Å². The highest BCUT2D eigenvalue weighted by Crippen LogP contribution is 2.48. The molecule has 0 spiro atoms. The van der Waals surface area contributed by atoms with E-state index in [1.54, 1.807) is 0 Å². The maximum atomic E-state index is 4.26. The van der Waals surface area contributed by atoms with Crippen LogP contribution in [0.4, 0.5) is 0 Å². The average molecular weight is 287 g/mol. The summed E-state index contributed by atoms with van der Waals surface area (Å²) in [6, 6.07) is 0. The van der Waals surface area contributed by atoms with Crippen LogP contribution in [0.5, 0.6) is 0 Å². The summed E-state index contributed by atoms with van der Waals surface area (Å²) in [5.74, 6) is 3.11. The topological polar surface area (TPSA) is 0 Å². The minimum Gasteiger partial charge on any atom is -0.100 e. The molecule has 0 heteroatoms. The molecule has 0 saturated heterocycles. The molecule has 0 radical (unpaired) electrons. The molecule has 118 valence electrons. The maximum absolute atomic E-state index is 4.26. The highest BCUT2D eigenvalue weighted by Gasteiger charge is 2.39. The molecule has 0 heterocycles. The normalized spacial score (nSPS) is 30.5. The van der Waals surface area contributed by atoms with Crippen molar-refractivity contribution < 1.29 is 0 Å². The van der Waals surface area contributed by atoms with Crippen LogP contribution in [-0.2, 0) is 0 Å². The lowest BCUT2D eigenvalue weighted by Crippen LogP contribution is -2.35. The lowest BCUT2D eigenvalue weighted by molar-refractivity contribution is 0.133. The van der Waals surface area contributed by atoms with E-state index in [1.807, 2.05) is 0 Å². The van der Waals surface area contributed by atoms with Crippen molar-refractivity contribution in [1.29, 1.82) is 0 Å². The lowest BCUT2D eigenvalue weighted by Gasteiger charge is -2.44. The smallest absolute Gasteiger partial charge is 0.0117 e. The van der Waals surface area contributed by atoms with E-state index in [2.05, 4.69) is 60.9 Å². The van der Waals surface area contributed by atoms with Crippen LogP contribution in [0.15, 0.2) is 48.6 Å². The van der Waals surface area contributed by atoms with E-state index in [0.717, 1.165) is 6.42 Å². The molecule has 1 fully saturated rings. The van der Waals surface area contributed by atoms with Gasteiger partial charge >= 0.3 is 0 Å². The van der Waals surface area contributed by atoms with Gasteiger partial charge in [0.2, 0.25) is 0 Å². The van der Waals surface area contributed by atoms with E-state index in [4.69, 9.17) is 0 Å². The number of hydrogen-bond donors (Lipinski definition) is 0. The Kier molecular flexibility index (Phi) is 6.25. The van der Waals surface area contributed by atoms with E-state index in [1.165, 1.54) is 35.1 Å². The highest BCUT2D eigenvalue weighted by molar-refractivity contribution is 5.15. The Balaban J connectivity index is 3.01. The van der Waals surface area contributed by atoms with Gasteiger partial charge in [-0.25, -0.2) is 0 Å². The molecule has 0 bridgehead atoms. The van der Waals surface area contributed by atoms with Gasteiger partial charge in [0.25, 0.3) is 0 Å². The summed E-state index contributed by atoms with van der Waals surface area (Å²) in [4.78, 5) is 0. The van der Waals surface area contributed by atoms with Crippen molar-refractivity contribution >= 4 is 0 Å². The Morgan fingerprint density at radius 3 is 1.90 bits per heavy atom. The van der Waals surface area contributed by atoms with Gasteiger partial charge in [-0.1, -0.05) is 49.0 Å². The van der Waals surface area contributed by atoms with Gasteiger partial charge in [0.05, 0.1) is 0 Å². The van der Waals surface area contributed by atoms with Gasteiger partial charge in [-0.3, -0.25) is 0 Å². The molecule has 0 aliphatic heterocycles. The molecule has 1 saturated carbocycles. The van der Waals surface area contributed by atoms with Crippen LogP contribution in [0, 0.1) is 29.6 Å². The van der Waals surface area contributed by atoms with Crippen molar-refractivity contribution in [3.63, 3.8) is 0 Å². The van der Waals surface area contributed by atoms with E-state index in [9.17, 15) is 0 Å². The number of rotatable bonds is 6. The summed E-state index contributed by atoms with van der Waals surface area (Å²) in [5.41, 5.74) is 5.21. The van der Waals surface area contributed by atoms with Gasteiger partial charge in [-0.05, 0) is 76.5 Å². The lowest BCUT2D eigenvalue weighted by atomic mass is 9.60. The van der Waals surface area contributed by atoms with Crippen LogP contribution in [0.3, 0.4) is 0 Å². The first kappa shape index (κ1) is 18.0. The fourth-order valence-electron chi connectivity index (χ4n) is 4.37. The predicted molar refractivity (Wildman–Crippen MR) is 96.2 cm³/mol. The first-order valence-electron chi connectivity index (χ1n) is 8.25. The maximum Gasteiger partial charge on any atom is -0.0117 e. The molecule has 0 N–H and O–H groups in total.